The van der Waals surface area contributed by atoms with E-state index < -0.39 is 0 Å². The first kappa shape index (κ1) is 15.4. The molecule has 0 radical (unpaired) electrons. The summed E-state index contributed by atoms with van der Waals surface area (Å²) in [6.45, 7) is 2.51. The van der Waals surface area contributed by atoms with Crippen LogP contribution in [0.25, 0.3) is 0 Å². The van der Waals surface area contributed by atoms with E-state index in [-0.39, 0.29) is 17.8 Å². The lowest BCUT2D eigenvalue weighted by Gasteiger charge is -2.30. The molecular formula is C15H21N3O3. The summed E-state index contributed by atoms with van der Waals surface area (Å²) in [5.41, 5.74) is 1.38. The van der Waals surface area contributed by atoms with Crippen LogP contribution in [0, 0.1) is 5.92 Å². The molecule has 0 atom stereocenters. The molecule has 2 rings (SSSR count). The molecule has 2 heterocycles. The van der Waals surface area contributed by atoms with Crippen LogP contribution in [0.3, 0.4) is 0 Å². The molecule has 21 heavy (non-hydrogen) atoms. The van der Waals surface area contributed by atoms with Crippen LogP contribution < -0.4 is 5.32 Å². The fourth-order valence-electron chi connectivity index (χ4n) is 2.54. The van der Waals surface area contributed by atoms with E-state index in [2.05, 4.69) is 19.9 Å². The smallest absolute Gasteiger partial charge is 0.339 e. The third-order valence-corrected chi connectivity index (χ3v) is 3.84. The Labute approximate surface area is 124 Å². The van der Waals surface area contributed by atoms with Gasteiger partial charge in [-0.2, -0.15) is 0 Å². The summed E-state index contributed by atoms with van der Waals surface area (Å²) < 4.78 is 4.64. The highest BCUT2D eigenvalue weighted by molar-refractivity contribution is 5.88. The molecule has 6 nitrogen and oxygen atoms in total. The molecule has 1 saturated heterocycles. The minimum absolute atomic E-state index is 0.126. The summed E-state index contributed by atoms with van der Waals surface area (Å²) in [5, 5.41) is 2.71. The van der Waals surface area contributed by atoms with Crippen LogP contribution in [0.5, 0.6) is 0 Å². The van der Waals surface area contributed by atoms with Crippen molar-refractivity contribution in [1.29, 1.82) is 0 Å². The normalized spacial score (nSPS) is 16.5. The molecule has 0 saturated carbocycles. The number of pyridine rings is 1. The standard InChI is InChI=1S/C15H21N3O3/c1-16-14(19)11-5-7-18(8-6-11)10-13-4-3-12(9-17-13)15(20)21-2/h3-4,9,11H,5-8,10H2,1-2H3,(H,16,19). The van der Waals surface area contributed by atoms with Crippen molar-refractivity contribution >= 4 is 11.9 Å². The molecule has 1 aliphatic heterocycles. The number of methoxy groups -OCH3 is 1. The SMILES string of the molecule is CNC(=O)C1CCN(Cc2ccc(C(=O)OC)cn2)CC1. The first-order chi connectivity index (χ1) is 10.1. The van der Waals surface area contributed by atoms with Crippen molar-refractivity contribution in [1.82, 2.24) is 15.2 Å². The summed E-state index contributed by atoms with van der Waals surface area (Å²) in [7, 11) is 3.04. The summed E-state index contributed by atoms with van der Waals surface area (Å²) in [6, 6.07) is 3.57. The molecule has 1 aromatic heterocycles. The van der Waals surface area contributed by atoms with E-state index in [1.165, 1.54) is 7.11 Å². The minimum atomic E-state index is -0.375. The highest BCUT2D eigenvalue weighted by Gasteiger charge is 2.24. The number of amides is 1. The second kappa shape index (κ2) is 7.17. The molecular weight excluding hydrogens is 270 g/mol. The van der Waals surface area contributed by atoms with Crippen molar-refractivity contribution in [3.63, 3.8) is 0 Å². The number of hydrogen-bond acceptors (Lipinski definition) is 5. The lowest BCUT2D eigenvalue weighted by Crippen LogP contribution is -2.39. The third kappa shape index (κ3) is 4.01. The molecule has 0 unspecified atom stereocenters. The van der Waals surface area contributed by atoms with Crippen LogP contribution in [0.1, 0.15) is 28.9 Å². The molecule has 1 aromatic rings. The Balaban J connectivity index is 1.86. The lowest BCUT2D eigenvalue weighted by molar-refractivity contribution is -0.125. The summed E-state index contributed by atoms with van der Waals surface area (Å²) in [5.74, 6) is -0.114. The maximum Gasteiger partial charge on any atom is 0.339 e. The van der Waals surface area contributed by atoms with Crippen LogP contribution in [-0.2, 0) is 16.1 Å². The van der Waals surface area contributed by atoms with Crippen LogP contribution in [0.2, 0.25) is 0 Å². The van der Waals surface area contributed by atoms with E-state index >= 15 is 0 Å². The first-order valence-corrected chi connectivity index (χ1v) is 7.11. The summed E-state index contributed by atoms with van der Waals surface area (Å²) in [6.07, 6.45) is 3.29. The van der Waals surface area contributed by atoms with Gasteiger partial charge in [0.05, 0.1) is 18.4 Å². The maximum atomic E-state index is 11.6. The number of nitrogens with zero attached hydrogens (tertiary/aromatic N) is 2. The Morgan fingerprint density at radius 3 is 2.62 bits per heavy atom. The van der Waals surface area contributed by atoms with Gasteiger partial charge in [-0.05, 0) is 38.1 Å². The largest absolute Gasteiger partial charge is 0.465 e. The molecule has 0 bridgehead atoms. The van der Waals surface area contributed by atoms with Gasteiger partial charge in [0.15, 0.2) is 0 Å². The van der Waals surface area contributed by atoms with E-state index in [9.17, 15) is 9.59 Å². The van der Waals surface area contributed by atoms with E-state index in [0.717, 1.165) is 38.2 Å². The molecule has 0 aromatic carbocycles. The number of rotatable bonds is 4. The van der Waals surface area contributed by atoms with E-state index in [1.54, 1.807) is 19.3 Å². The number of carbonyl (C=O) groups is 2. The number of piperidine rings is 1. The average Bonchev–Trinajstić information content (AvgIpc) is 2.55. The van der Waals surface area contributed by atoms with Crippen LogP contribution in [0.4, 0.5) is 0 Å². The number of carbonyl (C=O) groups excluding carboxylic acids is 2. The number of ether oxygens (including phenoxy) is 1. The summed E-state index contributed by atoms with van der Waals surface area (Å²) >= 11 is 0. The fourth-order valence-corrected chi connectivity index (χ4v) is 2.54. The van der Waals surface area contributed by atoms with Gasteiger partial charge in [0.1, 0.15) is 0 Å². The van der Waals surface area contributed by atoms with Gasteiger partial charge >= 0.3 is 5.97 Å². The molecule has 1 amide bonds. The van der Waals surface area contributed by atoms with Crippen molar-refractivity contribution in [2.45, 2.75) is 19.4 Å². The van der Waals surface area contributed by atoms with E-state index in [0.29, 0.717) is 5.56 Å². The molecule has 114 valence electrons. The van der Waals surface area contributed by atoms with E-state index in [1.807, 2.05) is 6.07 Å². The maximum absolute atomic E-state index is 11.6. The first-order valence-electron chi connectivity index (χ1n) is 7.11. The Morgan fingerprint density at radius 1 is 1.38 bits per heavy atom. The van der Waals surface area contributed by atoms with Crippen LogP contribution in [-0.4, -0.2) is 49.0 Å². The quantitative estimate of drug-likeness (QED) is 0.832. The van der Waals surface area contributed by atoms with E-state index in [4.69, 9.17) is 0 Å². The zero-order chi connectivity index (χ0) is 15.2. The molecule has 0 spiro atoms. The number of hydrogen-bond donors (Lipinski definition) is 1. The highest BCUT2D eigenvalue weighted by Crippen LogP contribution is 2.18. The average molecular weight is 291 g/mol. The van der Waals surface area contributed by atoms with Crippen molar-refractivity contribution in [2.75, 3.05) is 27.2 Å². The predicted octanol–water partition coefficient (Wildman–Crippen LogP) is 0.826. The number of esters is 1. The number of nitrogens with one attached hydrogen (secondary N) is 1. The van der Waals surface area contributed by atoms with Gasteiger partial charge in [0.2, 0.25) is 5.91 Å². The second-order valence-corrected chi connectivity index (χ2v) is 5.19. The topological polar surface area (TPSA) is 71.5 Å². The monoisotopic (exact) mass is 291 g/mol. The molecule has 1 N–H and O–H groups in total. The fraction of sp³-hybridized carbons (Fsp3) is 0.533. The van der Waals surface area contributed by atoms with Crippen molar-refractivity contribution in [3.8, 4) is 0 Å². The number of aromatic nitrogens is 1. The van der Waals surface area contributed by atoms with Crippen LogP contribution >= 0.6 is 0 Å². The molecule has 1 aliphatic rings. The molecule has 6 heteroatoms. The van der Waals surface area contributed by atoms with Crippen molar-refractivity contribution in [2.24, 2.45) is 5.92 Å². The Bertz CT molecular complexity index is 493. The van der Waals surface area contributed by atoms with Gasteiger partial charge in [0.25, 0.3) is 0 Å². The van der Waals surface area contributed by atoms with Gasteiger partial charge in [-0.25, -0.2) is 4.79 Å². The predicted molar refractivity (Wildman–Crippen MR) is 77.6 cm³/mol. The minimum Gasteiger partial charge on any atom is -0.465 e. The molecule has 1 fully saturated rings. The zero-order valence-electron chi connectivity index (χ0n) is 12.5. The van der Waals surface area contributed by atoms with Gasteiger partial charge in [-0.3, -0.25) is 14.7 Å². The number of likely N-dealkylation sites (tertiary alicyclic amines) is 1. The van der Waals surface area contributed by atoms with Gasteiger partial charge in [-0.15, -0.1) is 0 Å². The van der Waals surface area contributed by atoms with Crippen molar-refractivity contribution < 1.29 is 14.3 Å². The molecule has 0 aliphatic carbocycles. The highest BCUT2D eigenvalue weighted by atomic mass is 16.5. The third-order valence-electron chi connectivity index (χ3n) is 3.84. The van der Waals surface area contributed by atoms with Crippen molar-refractivity contribution in [3.05, 3.63) is 29.6 Å². The zero-order valence-corrected chi connectivity index (χ0v) is 12.5. The van der Waals surface area contributed by atoms with Gasteiger partial charge in [-0.1, -0.05) is 0 Å². The second-order valence-electron chi connectivity index (χ2n) is 5.19. The van der Waals surface area contributed by atoms with Crippen LogP contribution in [0.15, 0.2) is 18.3 Å². The Morgan fingerprint density at radius 2 is 2.10 bits per heavy atom. The Hall–Kier alpha value is -1.95. The van der Waals surface area contributed by atoms with Gasteiger partial charge < -0.3 is 10.1 Å². The van der Waals surface area contributed by atoms with Gasteiger partial charge in [0, 0.05) is 25.7 Å². The summed E-state index contributed by atoms with van der Waals surface area (Å²) in [4.78, 5) is 29.5. The Kier molecular flexibility index (Phi) is 5.27. The lowest BCUT2D eigenvalue weighted by atomic mass is 9.96.